The Morgan fingerprint density at radius 1 is 1.38 bits per heavy atom. The van der Waals surface area contributed by atoms with Crippen LogP contribution in [0, 0.1) is 5.41 Å². The van der Waals surface area contributed by atoms with Gasteiger partial charge in [0.1, 0.15) is 0 Å². The average molecular weight is 312 g/mol. The molecule has 1 aliphatic rings. The van der Waals surface area contributed by atoms with Gasteiger partial charge in [-0.1, -0.05) is 6.92 Å². The van der Waals surface area contributed by atoms with Crippen molar-refractivity contribution in [2.75, 3.05) is 26.0 Å². The molecule has 0 amide bonds. The first-order valence-corrected chi connectivity index (χ1v) is 8.13. The third kappa shape index (κ3) is 3.36. The molecule has 1 aliphatic carbocycles. The number of sulfonamides is 1. The van der Waals surface area contributed by atoms with Gasteiger partial charge < -0.3 is 10.4 Å². The summed E-state index contributed by atoms with van der Waals surface area (Å²) in [6.07, 6.45) is 2.24. The Labute approximate surface area is 124 Å². The number of aromatic carboxylic acids is 1. The Morgan fingerprint density at radius 3 is 2.48 bits per heavy atom. The van der Waals surface area contributed by atoms with Crippen LogP contribution in [0.2, 0.25) is 0 Å². The lowest BCUT2D eigenvalue weighted by Crippen LogP contribution is -2.23. The van der Waals surface area contributed by atoms with Gasteiger partial charge in [0.05, 0.1) is 10.5 Å². The maximum absolute atomic E-state index is 12.1. The van der Waals surface area contributed by atoms with Crippen LogP contribution in [0.1, 0.15) is 30.1 Å². The first kappa shape index (κ1) is 15.8. The monoisotopic (exact) mass is 312 g/mol. The van der Waals surface area contributed by atoms with Crippen molar-refractivity contribution < 1.29 is 18.3 Å². The second-order valence-corrected chi connectivity index (χ2v) is 8.12. The maximum atomic E-state index is 12.1. The summed E-state index contributed by atoms with van der Waals surface area (Å²) in [5, 5.41) is 12.4. The molecule has 7 heteroatoms. The summed E-state index contributed by atoms with van der Waals surface area (Å²) in [6.45, 7) is 2.82. The second-order valence-electron chi connectivity index (χ2n) is 5.96. The zero-order valence-corrected chi connectivity index (χ0v) is 13.2. The van der Waals surface area contributed by atoms with E-state index in [1.165, 1.54) is 32.3 Å². The van der Waals surface area contributed by atoms with Gasteiger partial charge in [-0.15, -0.1) is 0 Å². The topological polar surface area (TPSA) is 86.7 Å². The van der Waals surface area contributed by atoms with Gasteiger partial charge >= 0.3 is 5.97 Å². The van der Waals surface area contributed by atoms with E-state index in [4.69, 9.17) is 0 Å². The standard InChI is InChI=1S/C14H20N2O4S/c1-14(6-7-14)9-15-12-5-4-10(8-11(12)13(17)18)21(19,20)16(2)3/h4-5,8,15H,6-7,9H2,1-3H3,(H,17,18). The molecule has 0 saturated heterocycles. The molecule has 2 N–H and O–H groups in total. The molecular weight excluding hydrogens is 292 g/mol. The molecule has 0 radical (unpaired) electrons. The zero-order valence-electron chi connectivity index (χ0n) is 12.4. The summed E-state index contributed by atoms with van der Waals surface area (Å²) >= 11 is 0. The van der Waals surface area contributed by atoms with E-state index in [-0.39, 0.29) is 15.9 Å². The molecule has 2 rings (SSSR count). The van der Waals surface area contributed by atoms with Crippen LogP contribution < -0.4 is 5.32 Å². The zero-order chi connectivity index (χ0) is 15.8. The van der Waals surface area contributed by atoms with Crippen LogP contribution in [0.4, 0.5) is 5.69 Å². The van der Waals surface area contributed by atoms with Gasteiger partial charge in [0.15, 0.2) is 0 Å². The number of anilines is 1. The average Bonchev–Trinajstić information content (AvgIpc) is 3.14. The number of rotatable bonds is 6. The van der Waals surface area contributed by atoms with Crippen molar-refractivity contribution in [3.8, 4) is 0 Å². The molecule has 0 unspecified atom stereocenters. The molecular formula is C14H20N2O4S. The van der Waals surface area contributed by atoms with Crippen molar-refractivity contribution in [2.24, 2.45) is 5.41 Å². The fourth-order valence-electron chi connectivity index (χ4n) is 1.92. The van der Waals surface area contributed by atoms with E-state index < -0.39 is 16.0 Å². The van der Waals surface area contributed by atoms with Gasteiger partial charge in [0.25, 0.3) is 0 Å². The van der Waals surface area contributed by atoms with Gasteiger partial charge in [-0.25, -0.2) is 17.5 Å². The fraction of sp³-hybridized carbons (Fsp3) is 0.500. The van der Waals surface area contributed by atoms with Crippen LogP contribution in [0.3, 0.4) is 0 Å². The van der Waals surface area contributed by atoms with Crippen molar-refractivity contribution in [1.82, 2.24) is 4.31 Å². The SMILES string of the molecule is CN(C)S(=O)(=O)c1ccc(NCC2(C)CC2)c(C(=O)O)c1. The number of carbonyl (C=O) groups is 1. The molecule has 21 heavy (non-hydrogen) atoms. The lowest BCUT2D eigenvalue weighted by molar-refractivity contribution is 0.0697. The number of carboxylic acid groups (broad SMARTS) is 1. The molecule has 0 atom stereocenters. The lowest BCUT2D eigenvalue weighted by Gasteiger charge is -2.16. The first-order valence-electron chi connectivity index (χ1n) is 6.69. The molecule has 0 heterocycles. The quantitative estimate of drug-likeness (QED) is 0.837. The number of benzene rings is 1. The van der Waals surface area contributed by atoms with Crippen molar-refractivity contribution >= 4 is 21.7 Å². The van der Waals surface area contributed by atoms with E-state index in [1.807, 2.05) is 0 Å². The number of nitrogens with one attached hydrogen (secondary N) is 1. The normalized spacial score (nSPS) is 16.8. The summed E-state index contributed by atoms with van der Waals surface area (Å²) in [5.74, 6) is -1.14. The van der Waals surface area contributed by atoms with E-state index in [0.29, 0.717) is 12.2 Å². The fourth-order valence-corrected chi connectivity index (χ4v) is 2.85. The Balaban J connectivity index is 2.33. The van der Waals surface area contributed by atoms with Crippen LogP contribution in [-0.4, -0.2) is 44.4 Å². The van der Waals surface area contributed by atoms with E-state index in [9.17, 15) is 18.3 Å². The van der Waals surface area contributed by atoms with Gasteiger partial charge in [-0.3, -0.25) is 0 Å². The van der Waals surface area contributed by atoms with Crippen LogP contribution >= 0.6 is 0 Å². The van der Waals surface area contributed by atoms with Crippen molar-refractivity contribution in [1.29, 1.82) is 0 Å². The van der Waals surface area contributed by atoms with Crippen LogP contribution in [0.5, 0.6) is 0 Å². The van der Waals surface area contributed by atoms with E-state index in [1.54, 1.807) is 0 Å². The first-order chi connectivity index (χ1) is 9.66. The summed E-state index contributed by atoms with van der Waals surface area (Å²) in [6, 6.07) is 4.15. The highest BCUT2D eigenvalue weighted by atomic mass is 32.2. The number of hydrogen-bond donors (Lipinski definition) is 2. The van der Waals surface area contributed by atoms with Gasteiger partial charge in [0, 0.05) is 26.3 Å². The minimum Gasteiger partial charge on any atom is -0.478 e. The Kier molecular flexibility index (Phi) is 3.99. The minimum absolute atomic E-state index is 0.0203. The molecule has 1 aromatic carbocycles. The Hall–Kier alpha value is -1.60. The molecule has 116 valence electrons. The highest BCUT2D eigenvalue weighted by Gasteiger charge is 2.37. The van der Waals surface area contributed by atoms with Gasteiger partial charge in [0.2, 0.25) is 10.0 Å². The van der Waals surface area contributed by atoms with E-state index in [0.717, 1.165) is 17.1 Å². The summed E-state index contributed by atoms with van der Waals surface area (Å²) < 4.78 is 25.2. The molecule has 1 saturated carbocycles. The molecule has 6 nitrogen and oxygen atoms in total. The Bertz CT molecular complexity index is 664. The molecule has 1 aromatic rings. The molecule has 0 bridgehead atoms. The largest absolute Gasteiger partial charge is 0.478 e. The maximum Gasteiger partial charge on any atom is 0.337 e. The third-order valence-electron chi connectivity index (χ3n) is 3.81. The molecule has 1 fully saturated rings. The summed E-state index contributed by atoms with van der Waals surface area (Å²) in [4.78, 5) is 11.3. The Morgan fingerprint density at radius 2 is 2.00 bits per heavy atom. The highest BCUT2D eigenvalue weighted by molar-refractivity contribution is 7.89. The molecule has 0 aromatic heterocycles. The number of nitrogens with zero attached hydrogens (tertiary/aromatic N) is 1. The minimum atomic E-state index is -3.64. The number of carboxylic acids is 1. The van der Waals surface area contributed by atoms with Crippen molar-refractivity contribution in [3.05, 3.63) is 23.8 Å². The van der Waals surface area contributed by atoms with Crippen LogP contribution in [0.25, 0.3) is 0 Å². The predicted molar refractivity (Wildman–Crippen MR) is 80.1 cm³/mol. The lowest BCUT2D eigenvalue weighted by atomic mass is 10.1. The smallest absolute Gasteiger partial charge is 0.337 e. The van der Waals surface area contributed by atoms with Crippen LogP contribution in [0.15, 0.2) is 23.1 Å². The van der Waals surface area contributed by atoms with E-state index in [2.05, 4.69) is 12.2 Å². The predicted octanol–water partition coefficient (Wildman–Crippen LogP) is 1.85. The summed E-state index contributed by atoms with van der Waals surface area (Å²) in [7, 11) is -0.813. The van der Waals surface area contributed by atoms with Crippen molar-refractivity contribution in [2.45, 2.75) is 24.7 Å². The van der Waals surface area contributed by atoms with Gasteiger partial charge in [-0.2, -0.15) is 0 Å². The second kappa shape index (κ2) is 5.31. The highest BCUT2D eigenvalue weighted by Crippen LogP contribution is 2.44. The molecule has 0 spiro atoms. The van der Waals surface area contributed by atoms with E-state index >= 15 is 0 Å². The van der Waals surface area contributed by atoms with Crippen LogP contribution in [-0.2, 0) is 10.0 Å². The number of hydrogen-bond acceptors (Lipinski definition) is 4. The third-order valence-corrected chi connectivity index (χ3v) is 5.62. The molecule has 0 aliphatic heterocycles. The van der Waals surface area contributed by atoms with Crippen molar-refractivity contribution in [3.63, 3.8) is 0 Å². The summed E-state index contributed by atoms with van der Waals surface area (Å²) in [5.41, 5.74) is 0.653. The van der Waals surface area contributed by atoms with Gasteiger partial charge in [-0.05, 0) is 36.5 Å².